The molecule has 1 saturated heterocycles. The molecule has 6 rings (SSSR count). The zero-order valence-electron chi connectivity index (χ0n) is 22.0. The zero-order chi connectivity index (χ0) is 26.6. The highest BCUT2D eigenvalue weighted by atomic mass is 16.1. The molecule has 7 nitrogen and oxygen atoms in total. The Balaban J connectivity index is 1.35. The number of pyridine rings is 1. The second kappa shape index (κ2) is 11.1. The Morgan fingerprint density at radius 3 is 2.10 bits per heavy atom. The van der Waals surface area contributed by atoms with E-state index in [0.717, 1.165) is 48.4 Å². The molecule has 1 fully saturated rings. The minimum atomic E-state index is -0.188. The average Bonchev–Trinajstić information content (AvgIpc) is 2.99. The van der Waals surface area contributed by atoms with Crippen LogP contribution < -0.4 is 21.1 Å². The fourth-order valence-electron chi connectivity index (χ4n) is 5.52. The lowest BCUT2D eigenvalue weighted by molar-refractivity contribution is 0.487. The molecule has 3 heterocycles. The first-order valence-corrected chi connectivity index (χ1v) is 13.5. The van der Waals surface area contributed by atoms with Crippen LogP contribution in [0.1, 0.15) is 30.0 Å². The summed E-state index contributed by atoms with van der Waals surface area (Å²) in [6.07, 6.45) is 1.78. The predicted octanol–water partition coefficient (Wildman–Crippen LogP) is 5.34. The highest BCUT2D eigenvalue weighted by Crippen LogP contribution is 2.35. The number of anilines is 3. The molecule has 2 N–H and O–H groups in total. The topological polar surface area (TPSA) is 75.1 Å². The van der Waals surface area contributed by atoms with E-state index in [-0.39, 0.29) is 17.5 Å². The molecule has 2 aromatic heterocycles. The van der Waals surface area contributed by atoms with Gasteiger partial charge in [0.2, 0.25) is 5.95 Å². The first-order chi connectivity index (χ1) is 19.2. The monoisotopic (exact) mass is 516 g/mol. The minimum absolute atomic E-state index is 0.0281. The van der Waals surface area contributed by atoms with Gasteiger partial charge in [-0.2, -0.15) is 4.98 Å². The van der Waals surface area contributed by atoms with Gasteiger partial charge in [0.25, 0.3) is 5.56 Å². The van der Waals surface area contributed by atoms with E-state index in [1.807, 2.05) is 48.5 Å². The number of nitrogens with zero attached hydrogens (tertiary/aromatic N) is 4. The summed E-state index contributed by atoms with van der Waals surface area (Å²) in [5.74, 6) is 0.430. The van der Waals surface area contributed by atoms with E-state index in [9.17, 15) is 4.79 Å². The second-order valence-electron chi connectivity index (χ2n) is 9.96. The molecule has 1 aliphatic rings. The van der Waals surface area contributed by atoms with Crippen molar-refractivity contribution >= 4 is 28.4 Å². The number of nitrogens with one attached hydrogen (secondary N) is 2. The number of fused-ring (bicyclic) bond motifs is 1. The van der Waals surface area contributed by atoms with Gasteiger partial charge in [0.1, 0.15) is 5.65 Å². The molecule has 0 amide bonds. The largest absolute Gasteiger partial charge is 0.369 e. The Morgan fingerprint density at radius 1 is 0.821 bits per heavy atom. The van der Waals surface area contributed by atoms with Crippen molar-refractivity contribution in [2.24, 2.45) is 0 Å². The smallest absolute Gasteiger partial charge is 0.252 e. The van der Waals surface area contributed by atoms with E-state index in [4.69, 9.17) is 4.98 Å². The summed E-state index contributed by atoms with van der Waals surface area (Å²) in [5.41, 5.74) is 4.93. The van der Waals surface area contributed by atoms with Crippen LogP contribution in [0.4, 0.5) is 17.3 Å². The lowest BCUT2D eigenvalue weighted by atomic mass is 9.85. The van der Waals surface area contributed by atoms with Crippen LogP contribution in [0.25, 0.3) is 11.0 Å². The highest BCUT2D eigenvalue weighted by Gasteiger charge is 2.25. The van der Waals surface area contributed by atoms with E-state index in [1.165, 1.54) is 5.69 Å². The normalized spacial score (nSPS) is 14.5. The van der Waals surface area contributed by atoms with Crippen LogP contribution in [0, 0.1) is 0 Å². The van der Waals surface area contributed by atoms with E-state index in [0.29, 0.717) is 11.6 Å². The lowest BCUT2D eigenvalue weighted by Crippen LogP contribution is -2.43. The van der Waals surface area contributed by atoms with Crippen LogP contribution in [0.3, 0.4) is 0 Å². The summed E-state index contributed by atoms with van der Waals surface area (Å²) in [6.45, 7) is 6.10. The van der Waals surface area contributed by atoms with Crippen molar-refractivity contribution in [3.05, 3.63) is 125 Å². The maximum Gasteiger partial charge on any atom is 0.252 e. The van der Waals surface area contributed by atoms with Crippen molar-refractivity contribution < 1.29 is 0 Å². The molecule has 0 spiro atoms. The Hall–Kier alpha value is -4.49. The summed E-state index contributed by atoms with van der Waals surface area (Å²) in [7, 11) is 0. The van der Waals surface area contributed by atoms with Crippen LogP contribution >= 0.6 is 0 Å². The van der Waals surface area contributed by atoms with Gasteiger partial charge in [0.15, 0.2) is 0 Å². The molecule has 5 aromatic rings. The van der Waals surface area contributed by atoms with Crippen LogP contribution in [-0.4, -0.2) is 40.7 Å². The summed E-state index contributed by atoms with van der Waals surface area (Å²) < 4.78 is 1.81. The molecule has 196 valence electrons. The van der Waals surface area contributed by atoms with E-state index >= 15 is 0 Å². The Kier molecular flexibility index (Phi) is 7.06. The fourth-order valence-corrected chi connectivity index (χ4v) is 5.52. The summed E-state index contributed by atoms with van der Waals surface area (Å²) >= 11 is 0. The van der Waals surface area contributed by atoms with Gasteiger partial charge < -0.3 is 15.5 Å². The SMILES string of the molecule is CC(C(c1ccccc1)c1ccccc1)n1c(=O)ccc2cnc(Nc3ccc(N4CCNCC4)cc3)nc21. The number of aromatic nitrogens is 3. The summed E-state index contributed by atoms with van der Waals surface area (Å²) in [4.78, 5) is 25.2. The molecule has 1 unspecified atom stereocenters. The van der Waals surface area contributed by atoms with Crippen LogP contribution in [0.2, 0.25) is 0 Å². The molecule has 0 aliphatic carbocycles. The molecule has 39 heavy (non-hydrogen) atoms. The Labute approximate surface area is 228 Å². The average molecular weight is 517 g/mol. The van der Waals surface area contributed by atoms with E-state index < -0.39 is 0 Å². The van der Waals surface area contributed by atoms with E-state index in [2.05, 4.69) is 63.8 Å². The van der Waals surface area contributed by atoms with Crippen molar-refractivity contribution in [1.29, 1.82) is 0 Å². The van der Waals surface area contributed by atoms with Gasteiger partial charge in [-0.1, -0.05) is 60.7 Å². The van der Waals surface area contributed by atoms with Gasteiger partial charge in [-0.3, -0.25) is 9.36 Å². The van der Waals surface area contributed by atoms with Gasteiger partial charge in [-0.15, -0.1) is 0 Å². The number of hydrogen-bond donors (Lipinski definition) is 2. The van der Waals surface area contributed by atoms with Gasteiger partial charge in [-0.05, 0) is 48.4 Å². The van der Waals surface area contributed by atoms with Crippen molar-refractivity contribution in [1.82, 2.24) is 19.9 Å². The first kappa shape index (κ1) is 24.8. The summed E-state index contributed by atoms with van der Waals surface area (Å²) in [6, 6.07) is 32.2. The number of benzene rings is 3. The van der Waals surface area contributed by atoms with Crippen molar-refractivity contribution in [3.8, 4) is 0 Å². The third-order valence-electron chi connectivity index (χ3n) is 7.48. The minimum Gasteiger partial charge on any atom is -0.369 e. The van der Waals surface area contributed by atoms with Crippen molar-refractivity contribution in [3.63, 3.8) is 0 Å². The molecule has 0 radical (unpaired) electrons. The van der Waals surface area contributed by atoms with Crippen LogP contribution in [0.15, 0.2) is 108 Å². The van der Waals surface area contributed by atoms with Gasteiger partial charge in [0, 0.05) is 67.2 Å². The Bertz CT molecular complexity index is 1560. The van der Waals surface area contributed by atoms with Crippen LogP contribution in [-0.2, 0) is 0 Å². The molecule has 3 aromatic carbocycles. The standard InChI is InChI=1S/C32H32N6O/c1-23(30(24-8-4-2-5-9-24)25-10-6-3-7-11-25)38-29(39)17-12-26-22-34-32(36-31(26)38)35-27-13-15-28(16-14-27)37-20-18-33-19-21-37/h2-17,22-23,30,33H,18-21H2,1H3,(H,34,35,36). The predicted molar refractivity (Wildman–Crippen MR) is 158 cm³/mol. The van der Waals surface area contributed by atoms with Gasteiger partial charge >= 0.3 is 0 Å². The molecule has 0 bridgehead atoms. The number of hydrogen-bond acceptors (Lipinski definition) is 6. The quantitative estimate of drug-likeness (QED) is 0.304. The maximum atomic E-state index is 13.4. The van der Waals surface area contributed by atoms with Gasteiger partial charge in [0.05, 0.1) is 0 Å². The molecule has 1 atom stereocenters. The highest BCUT2D eigenvalue weighted by molar-refractivity contribution is 5.76. The first-order valence-electron chi connectivity index (χ1n) is 13.5. The summed E-state index contributed by atoms with van der Waals surface area (Å²) in [5, 5.41) is 7.55. The third-order valence-corrected chi connectivity index (χ3v) is 7.48. The molecular formula is C32H32N6O. The lowest BCUT2D eigenvalue weighted by Gasteiger charge is -2.29. The molecule has 7 heteroatoms. The third kappa shape index (κ3) is 5.26. The van der Waals surface area contributed by atoms with E-state index in [1.54, 1.807) is 22.9 Å². The maximum absolute atomic E-state index is 13.4. The second-order valence-corrected chi connectivity index (χ2v) is 9.96. The van der Waals surface area contributed by atoms with Crippen LogP contribution in [0.5, 0.6) is 0 Å². The van der Waals surface area contributed by atoms with Crippen molar-refractivity contribution in [2.45, 2.75) is 18.9 Å². The van der Waals surface area contributed by atoms with Gasteiger partial charge in [-0.25, -0.2) is 4.98 Å². The number of rotatable bonds is 7. The van der Waals surface area contributed by atoms with Crippen molar-refractivity contribution in [2.75, 3.05) is 36.4 Å². The molecule has 1 aliphatic heterocycles. The molecule has 0 saturated carbocycles. The fraction of sp³-hybridized carbons (Fsp3) is 0.219. The Morgan fingerprint density at radius 2 is 1.46 bits per heavy atom. The number of piperazine rings is 1. The molecular weight excluding hydrogens is 484 g/mol. The zero-order valence-corrected chi connectivity index (χ0v) is 22.0.